The molecule has 1 rings (SSSR count). The Kier molecular flexibility index (Phi) is 5.84. The van der Waals surface area contributed by atoms with Crippen molar-refractivity contribution in [3.63, 3.8) is 0 Å². The molecule has 126 valence electrons. The van der Waals surface area contributed by atoms with Gasteiger partial charge in [0.2, 0.25) is 5.91 Å². The van der Waals surface area contributed by atoms with Gasteiger partial charge in [-0.05, 0) is 38.0 Å². The van der Waals surface area contributed by atoms with Crippen molar-refractivity contribution in [3.8, 4) is 0 Å². The molecule has 0 bridgehead atoms. The number of benzene rings is 1. The first-order valence-electron chi connectivity index (χ1n) is 7.18. The summed E-state index contributed by atoms with van der Waals surface area (Å²) in [6, 6.07) is 3.55. The summed E-state index contributed by atoms with van der Waals surface area (Å²) in [5, 5.41) is 13.7. The number of aliphatic carboxylic acids is 1. The van der Waals surface area contributed by atoms with Gasteiger partial charge in [0.15, 0.2) is 0 Å². The van der Waals surface area contributed by atoms with Gasteiger partial charge in [0.25, 0.3) is 5.91 Å². The molecule has 0 unspecified atom stereocenters. The van der Waals surface area contributed by atoms with E-state index in [1.54, 1.807) is 0 Å². The molecule has 3 N–H and O–H groups in total. The van der Waals surface area contributed by atoms with Crippen molar-refractivity contribution >= 4 is 23.5 Å². The summed E-state index contributed by atoms with van der Waals surface area (Å²) in [4.78, 5) is 34.6. The lowest BCUT2D eigenvalue weighted by Crippen LogP contribution is -2.49. The van der Waals surface area contributed by atoms with Crippen LogP contribution in [0.15, 0.2) is 18.2 Å². The van der Waals surface area contributed by atoms with E-state index < -0.39 is 23.2 Å². The van der Waals surface area contributed by atoms with E-state index in [4.69, 9.17) is 5.11 Å². The Morgan fingerprint density at radius 3 is 2.35 bits per heavy atom. The molecule has 2 amide bonds. The largest absolute Gasteiger partial charge is 0.480 e. The molecular formula is C16H21FN2O4. The van der Waals surface area contributed by atoms with Gasteiger partial charge in [0.05, 0.1) is 5.69 Å². The quantitative estimate of drug-likeness (QED) is 0.749. The van der Waals surface area contributed by atoms with Crippen molar-refractivity contribution in [2.45, 2.75) is 39.7 Å². The van der Waals surface area contributed by atoms with Crippen molar-refractivity contribution < 1.29 is 23.9 Å². The van der Waals surface area contributed by atoms with Crippen molar-refractivity contribution in [1.82, 2.24) is 5.32 Å². The van der Waals surface area contributed by atoms with Crippen molar-refractivity contribution in [2.75, 3.05) is 5.32 Å². The highest BCUT2D eigenvalue weighted by Crippen LogP contribution is 2.17. The molecule has 0 aliphatic rings. The molecule has 1 aromatic rings. The molecular weight excluding hydrogens is 303 g/mol. The number of carbonyl (C=O) groups is 3. The molecule has 7 heteroatoms. The number of amides is 2. The monoisotopic (exact) mass is 324 g/mol. The maximum absolute atomic E-state index is 14.0. The van der Waals surface area contributed by atoms with Crippen LogP contribution >= 0.6 is 0 Å². The van der Waals surface area contributed by atoms with Gasteiger partial charge in [-0.2, -0.15) is 0 Å². The number of rotatable bonds is 6. The average Bonchev–Trinajstić information content (AvgIpc) is 2.39. The summed E-state index contributed by atoms with van der Waals surface area (Å²) >= 11 is 0. The number of anilines is 1. The number of hydrogen-bond donors (Lipinski definition) is 3. The van der Waals surface area contributed by atoms with E-state index in [1.165, 1.54) is 26.0 Å². The second kappa shape index (κ2) is 7.21. The lowest BCUT2D eigenvalue weighted by molar-refractivity contribution is -0.143. The molecule has 0 saturated heterocycles. The molecule has 23 heavy (non-hydrogen) atoms. The molecule has 0 atom stereocenters. The SMILES string of the molecule is CC(C)CC(=O)Nc1ccc(C(=O)NC(C)(C)C(=O)O)cc1F. The number of carbonyl (C=O) groups excluding carboxylic acids is 2. The summed E-state index contributed by atoms with van der Waals surface area (Å²) in [7, 11) is 0. The highest BCUT2D eigenvalue weighted by atomic mass is 19.1. The minimum absolute atomic E-state index is 0.0234. The van der Waals surface area contributed by atoms with Gasteiger partial charge in [0.1, 0.15) is 11.4 Å². The fraction of sp³-hybridized carbons (Fsp3) is 0.438. The zero-order chi connectivity index (χ0) is 17.8. The van der Waals surface area contributed by atoms with Crippen molar-refractivity contribution in [1.29, 1.82) is 0 Å². The molecule has 0 spiro atoms. The van der Waals surface area contributed by atoms with Crippen LogP contribution in [0.4, 0.5) is 10.1 Å². The standard InChI is InChI=1S/C16H21FN2O4/c1-9(2)7-13(20)18-12-6-5-10(8-11(12)17)14(21)19-16(3,4)15(22)23/h5-6,8-9H,7H2,1-4H3,(H,18,20)(H,19,21)(H,22,23). The van der Waals surface area contributed by atoms with Crippen LogP contribution in [0.25, 0.3) is 0 Å². The van der Waals surface area contributed by atoms with Gasteiger partial charge >= 0.3 is 5.97 Å². The summed E-state index contributed by atoms with van der Waals surface area (Å²) < 4.78 is 14.0. The van der Waals surface area contributed by atoms with Crippen LogP contribution < -0.4 is 10.6 Å². The molecule has 0 aliphatic carbocycles. The van der Waals surface area contributed by atoms with Gasteiger partial charge in [-0.25, -0.2) is 9.18 Å². The summed E-state index contributed by atoms with van der Waals surface area (Å²) in [5.41, 5.74) is -1.53. The number of nitrogens with one attached hydrogen (secondary N) is 2. The minimum Gasteiger partial charge on any atom is -0.480 e. The highest BCUT2D eigenvalue weighted by Gasteiger charge is 2.29. The molecule has 0 aromatic heterocycles. The first-order valence-corrected chi connectivity index (χ1v) is 7.18. The van der Waals surface area contributed by atoms with Crippen LogP contribution in [0, 0.1) is 11.7 Å². The Morgan fingerprint density at radius 1 is 1.26 bits per heavy atom. The molecule has 1 aromatic carbocycles. The first-order chi connectivity index (χ1) is 10.5. The lowest BCUT2D eigenvalue weighted by atomic mass is 10.0. The van der Waals surface area contributed by atoms with Gasteiger partial charge in [0, 0.05) is 12.0 Å². The minimum atomic E-state index is -1.47. The molecule has 6 nitrogen and oxygen atoms in total. The third-order valence-corrected chi connectivity index (χ3v) is 3.06. The van der Waals surface area contributed by atoms with Gasteiger partial charge < -0.3 is 15.7 Å². The second-order valence-corrected chi connectivity index (χ2v) is 6.23. The lowest BCUT2D eigenvalue weighted by Gasteiger charge is -2.21. The van der Waals surface area contributed by atoms with Gasteiger partial charge in [-0.15, -0.1) is 0 Å². The number of carboxylic acid groups (broad SMARTS) is 1. The normalized spacial score (nSPS) is 11.2. The maximum Gasteiger partial charge on any atom is 0.328 e. The zero-order valence-electron chi connectivity index (χ0n) is 13.6. The van der Waals surface area contributed by atoms with Crippen LogP contribution in [0.2, 0.25) is 0 Å². The third kappa shape index (κ3) is 5.36. The van der Waals surface area contributed by atoms with E-state index >= 15 is 0 Å². The molecule has 0 heterocycles. The third-order valence-electron chi connectivity index (χ3n) is 3.06. The van der Waals surface area contributed by atoms with E-state index in [-0.39, 0.29) is 29.5 Å². The predicted octanol–water partition coefficient (Wildman–Crippen LogP) is 2.40. The summed E-state index contributed by atoms with van der Waals surface area (Å²) in [6.07, 6.45) is 0.258. The van der Waals surface area contributed by atoms with E-state index in [9.17, 15) is 18.8 Å². The van der Waals surface area contributed by atoms with Crippen LogP contribution in [0.1, 0.15) is 44.5 Å². The molecule has 0 fully saturated rings. The van der Waals surface area contributed by atoms with Crippen molar-refractivity contribution in [2.24, 2.45) is 5.92 Å². The van der Waals surface area contributed by atoms with E-state index in [0.717, 1.165) is 6.07 Å². The Hall–Kier alpha value is -2.44. The Bertz CT molecular complexity index is 627. The van der Waals surface area contributed by atoms with Crippen LogP contribution in [0.3, 0.4) is 0 Å². The zero-order valence-corrected chi connectivity index (χ0v) is 13.6. The van der Waals surface area contributed by atoms with Gasteiger partial charge in [-0.1, -0.05) is 13.8 Å². The smallest absolute Gasteiger partial charge is 0.328 e. The number of hydrogen-bond acceptors (Lipinski definition) is 3. The highest BCUT2D eigenvalue weighted by molar-refractivity contribution is 5.98. The molecule has 0 radical (unpaired) electrons. The Balaban J connectivity index is 2.85. The van der Waals surface area contributed by atoms with Gasteiger partial charge in [-0.3, -0.25) is 9.59 Å². The Morgan fingerprint density at radius 2 is 1.87 bits per heavy atom. The summed E-state index contributed by atoms with van der Waals surface area (Å²) in [6.45, 7) is 6.38. The average molecular weight is 324 g/mol. The van der Waals surface area contributed by atoms with Crippen molar-refractivity contribution in [3.05, 3.63) is 29.6 Å². The maximum atomic E-state index is 14.0. The number of carboxylic acids is 1. The Labute approximate surface area is 134 Å². The first kappa shape index (κ1) is 18.6. The van der Waals surface area contributed by atoms with Crippen LogP contribution in [-0.4, -0.2) is 28.4 Å². The fourth-order valence-corrected chi connectivity index (χ4v) is 1.74. The van der Waals surface area contributed by atoms with E-state index in [2.05, 4.69) is 10.6 Å². The summed E-state index contributed by atoms with van der Waals surface area (Å²) in [5.74, 6) is -2.85. The van der Waals surface area contributed by atoms with Crippen LogP contribution in [0.5, 0.6) is 0 Å². The topological polar surface area (TPSA) is 95.5 Å². The van der Waals surface area contributed by atoms with E-state index in [0.29, 0.717) is 0 Å². The fourth-order valence-electron chi connectivity index (χ4n) is 1.74. The van der Waals surface area contributed by atoms with E-state index in [1.807, 2.05) is 13.8 Å². The molecule has 0 aliphatic heterocycles. The number of halogens is 1. The van der Waals surface area contributed by atoms with Crippen LogP contribution in [-0.2, 0) is 9.59 Å². The predicted molar refractivity (Wildman–Crippen MR) is 83.7 cm³/mol. The second-order valence-electron chi connectivity index (χ2n) is 6.23. The molecule has 0 saturated carbocycles.